The van der Waals surface area contributed by atoms with Gasteiger partial charge in [0.2, 0.25) is 0 Å². The predicted molar refractivity (Wildman–Crippen MR) is 124 cm³/mol. The molecular formula is C26H35BO3. The summed E-state index contributed by atoms with van der Waals surface area (Å²) in [7, 11) is -0.333. The van der Waals surface area contributed by atoms with E-state index >= 15 is 0 Å². The first-order chi connectivity index (χ1) is 14.3. The molecule has 4 heteroatoms. The maximum Gasteiger partial charge on any atom is 0.486 e. The summed E-state index contributed by atoms with van der Waals surface area (Å²) in [4.78, 5) is 0. The van der Waals surface area contributed by atoms with E-state index in [0.717, 1.165) is 12.8 Å². The van der Waals surface area contributed by atoms with Crippen molar-refractivity contribution in [3.63, 3.8) is 0 Å². The minimum atomic E-state index is -0.333. The molecule has 160 valence electrons. The van der Waals surface area contributed by atoms with Gasteiger partial charge < -0.3 is 14.0 Å². The fraction of sp³-hybridized carbons (Fsp3) is 0.462. The fourth-order valence-corrected chi connectivity index (χ4v) is 3.75. The average Bonchev–Trinajstić information content (AvgIpc) is 2.94. The molecule has 0 saturated carbocycles. The van der Waals surface area contributed by atoms with E-state index in [1.807, 2.05) is 12.1 Å². The van der Waals surface area contributed by atoms with Crippen molar-refractivity contribution in [3.8, 4) is 0 Å². The quantitative estimate of drug-likeness (QED) is 0.442. The van der Waals surface area contributed by atoms with Crippen molar-refractivity contribution >= 4 is 7.12 Å². The lowest BCUT2D eigenvalue weighted by Gasteiger charge is -2.32. The minimum absolute atomic E-state index is 0.0231. The second kappa shape index (κ2) is 9.95. The highest BCUT2D eigenvalue weighted by atomic mass is 16.7. The van der Waals surface area contributed by atoms with Gasteiger partial charge in [-0.15, -0.1) is 0 Å². The molecule has 2 atom stereocenters. The molecule has 2 aromatic rings. The van der Waals surface area contributed by atoms with Gasteiger partial charge in [-0.3, -0.25) is 0 Å². The monoisotopic (exact) mass is 406 g/mol. The number of rotatable bonds is 9. The topological polar surface area (TPSA) is 27.7 Å². The van der Waals surface area contributed by atoms with Crippen LogP contribution in [0.2, 0.25) is 0 Å². The number of ether oxygens (including phenoxy) is 1. The summed E-state index contributed by atoms with van der Waals surface area (Å²) in [6.07, 6.45) is 4.32. The zero-order chi connectivity index (χ0) is 21.6. The Balaban J connectivity index is 1.79. The molecule has 1 aliphatic rings. The van der Waals surface area contributed by atoms with Crippen LogP contribution < -0.4 is 0 Å². The third kappa shape index (κ3) is 5.63. The van der Waals surface area contributed by atoms with Gasteiger partial charge in [0.15, 0.2) is 0 Å². The van der Waals surface area contributed by atoms with Crippen LogP contribution in [-0.2, 0) is 20.7 Å². The molecular weight excluding hydrogens is 371 g/mol. The van der Waals surface area contributed by atoms with Crippen LogP contribution in [0, 0.1) is 5.92 Å². The molecule has 0 bridgehead atoms. The summed E-state index contributed by atoms with van der Waals surface area (Å²) in [5, 5.41) is 0. The molecule has 0 amide bonds. The van der Waals surface area contributed by atoms with Crippen LogP contribution in [0.15, 0.2) is 72.7 Å². The van der Waals surface area contributed by atoms with Gasteiger partial charge in [0, 0.05) is 5.92 Å². The van der Waals surface area contributed by atoms with E-state index in [2.05, 4.69) is 95.2 Å². The first kappa shape index (κ1) is 22.8. The van der Waals surface area contributed by atoms with Crippen LogP contribution in [0.4, 0.5) is 0 Å². The molecule has 30 heavy (non-hydrogen) atoms. The Bertz CT molecular complexity index is 786. The normalized spacial score (nSPS) is 19.8. The molecule has 0 unspecified atom stereocenters. The van der Waals surface area contributed by atoms with Gasteiger partial charge in [-0.25, -0.2) is 0 Å². The lowest BCUT2D eigenvalue weighted by Crippen LogP contribution is -2.41. The summed E-state index contributed by atoms with van der Waals surface area (Å²) in [5.41, 5.74) is 1.73. The SMILES string of the molecule is CCC[C@@H](/C=C/B1OC(C)(C)C(C)(C)O1)[C@H](OCc1ccccc1)c1ccccc1. The highest BCUT2D eigenvalue weighted by Gasteiger charge is 2.50. The van der Waals surface area contributed by atoms with Gasteiger partial charge in [-0.2, -0.15) is 0 Å². The molecule has 1 fully saturated rings. The largest absolute Gasteiger partial charge is 0.486 e. The molecule has 0 aromatic heterocycles. The molecule has 0 radical (unpaired) electrons. The van der Waals surface area contributed by atoms with Crippen molar-refractivity contribution in [2.24, 2.45) is 5.92 Å². The molecule has 1 aliphatic heterocycles. The van der Waals surface area contributed by atoms with Gasteiger partial charge in [-0.1, -0.05) is 86.1 Å². The maximum atomic E-state index is 6.49. The molecule has 3 rings (SSSR count). The van der Waals surface area contributed by atoms with Gasteiger partial charge in [-0.05, 0) is 45.2 Å². The molecule has 1 heterocycles. The Hall–Kier alpha value is -1.88. The Kier molecular flexibility index (Phi) is 7.57. The van der Waals surface area contributed by atoms with Crippen LogP contribution in [0.1, 0.15) is 64.7 Å². The summed E-state index contributed by atoms with van der Waals surface area (Å²) in [6.45, 7) is 11.1. The standard InChI is InChI=1S/C26H35BO3/c1-6-13-22(18-19-27-29-25(2,3)26(4,5)30-27)24(23-16-11-8-12-17-23)28-20-21-14-9-7-10-15-21/h7-12,14-19,22,24H,6,13,20H2,1-5H3/b19-18+/t22-,24-/m0/s1. The van der Waals surface area contributed by atoms with Gasteiger partial charge in [0.05, 0.1) is 23.9 Å². The molecule has 3 nitrogen and oxygen atoms in total. The van der Waals surface area contributed by atoms with E-state index in [4.69, 9.17) is 14.0 Å². The second-order valence-corrected chi connectivity index (χ2v) is 9.09. The smallest absolute Gasteiger partial charge is 0.400 e. The second-order valence-electron chi connectivity index (χ2n) is 9.09. The van der Waals surface area contributed by atoms with Gasteiger partial charge in [0.1, 0.15) is 0 Å². The Morgan fingerprint density at radius 3 is 2.03 bits per heavy atom. The Morgan fingerprint density at radius 1 is 0.900 bits per heavy atom. The highest BCUT2D eigenvalue weighted by Crippen LogP contribution is 2.38. The van der Waals surface area contributed by atoms with E-state index in [1.165, 1.54) is 11.1 Å². The van der Waals surface area contributed by atoms with Crippen LogP contribution >= 0.6 is 0 Å². The Morgan fingerprint density at radius 2 is 1.47 bits per heavy atom. The van der Waals surface area contributed by atoms with Crippen molar-refractivity contribution in [2.75, 3.05) is 0 Å². The fourth-order valence-electron chi connectivity index (χ4n) is 3.75. The van der Waals surface area contributed by atoms with E-state index < -0.39 is 0 Å². The van der Waals surface area contributed by atoms with E-state index in [0.29, 0.717) is 6.61 Å². The van der Waals surface area contributed by atoms with Crippen molar-refractivity contribution in [1.82, 2.24) is 0 Å². The lowest BCUT2D eigenvalue weighted by atomic mass is 9.84. The van der Waals surface area contributed by atoms with E-state index in [9.17, 15) is 0 Å². The first-order valence-electron chi connectivity index (χ1n) is 11.1. The van der Waals surface area contributed by atoms with Crippen molar-refractivity contribution in [2.45, 2.75) is 71.4 Å². The number of benzene rings is 2. The number of hydrogen-bond acceptors (Lipinski definition) is 3. The van der Waals surface area contributed by atoms with Gasteiger partial charge >= 0.3 is 7.12 Å². The van der Waals surface area contributed by atoms with Crippen LogP contribution in [0.25, 0.3) is 0 Å². The molecule has 0 N–H and O–H groups in total. The highest BCUT2D eigenvalue weighted by molar-refractivity contribution is 6.51. The Labute approximate surface area is 182 Å². The summed E-state index contributed by atoms with van der Waals surface area (Å²) in [6, 6.07) is 20.9. The summed E-state index contributed by atoms with van der Waals surface area (Å²) < 4.78 is 18.8. The van der Waals surface area contributed by atoms with Crippen molar-refractivity contribution in [1.29, 1.82) is 0 Å². The maximum absolute atomic E-state index is 6.49. The van der Waals surface area contributed by atoms with Crippen molar-refractivity contribution < 1.29 is 14.0 Å². The number of hydrogen-bond donors (Lipinski definition) is 0. The van der Waals surface area contributed by atoms with Crippen LogP contribution in [0.3, 0.4) is 0 Å². The average molecular weight is 406 g/mol. The molecule has 2 aromatic carbocycles. The zero-order valence-corrected chi connectivity index (χ0v) is 19.0. The summed E-state index contributed by atoms with van der Waals surface area (Å²) >= 11 is 0. The van der Waals surface area contributed by atoms with E-state index in [-0.39, 0.29) is 30.3 Å². The third-order valence-electron chi connectivity index (χ3n) is 6.20. The first-order valence-corrected chi connectivity index (χ1v) is 11.1. The molecule has 0 aliphatic carbocycles. The van der Waals surface area contributed by atoms with Gasteiger partial charge in [0.25, 0.3) is 0 Å². The lowest BCUT2D eigenvalue weighted by molar-refractivity contribution is 0.00578. The third-order valence-corrected chi connectivity index (χ3v) is 6.20. The minimum Gasteiger partial charge on any atom is -0.400 e. The predicted octanol–water partition coefficient (Wildman–Crippen LogP) is 6.55. The van der Waals surface area contributed by atoms with Crippen LogP contribution in [0.5, 0.6) is 0 Å². The molecule has 0 spiro atoms. The zero-order valence-electron chi connectivity index (χ0n) is 19.0. The summed E-state index contributed by atoms with van der Waals surface area (Å²) in [5.74, 6) is 2.30. The van der Waals surface area contributed by atoms with Crippen molar-refractivity contribution in [3.05, 3.63) is 83.8 Å². The van der Waals surface area contributed by atoms with Crippen LogP contribution in [-0.4, -0.2) is 18.3 Å². The molecule has 1 saturated heterocycles. The van der Waals surface area contributed by atoms with E-state index in [1.54, 1.807) is 0 Å².